The third kappa shape index (κ3) is 4.26. The number of rotatable bonds is 5. The van der Waals surface area contributed by atoms with Crippen LogP contribution in [0.1, 0.15) is 12.8 Å². The van der Waals surface area contributed by atoms with Gasteiger partial charge < -0.3 is 10.6 Å². The van der Waals surface area contributed by atoms with Gasteiger partial charge in [0.05, 0.1) is 22.1 Å². The van der Waals surface area contributed by atoms with Gasteiger partial charge in [-0.25, -0.2) is 0 Å². The number of azo groups is 2. The van der Waals surface area contributed by atoms with Crippen molar-refractivity contribution in [2.75, 3.05) is 23.7 Å². The fraction of sp³-hybridized carbons (Fsp3) is 0.143. The molecular weight excluding hydrogens is 452 g/mol. The minimum atomic E-state index is 0.734. The Labute approximate surface area is 207 Å². The number of nitrogens with zero attached hydrogens (tertiary/aromatic N) is 5. The number of benzene rings is 4. The second-order valence-corrected chi connectivity index (χ2v) is 9.62. The van der Waals surface area contributed by atoms with Crippen LogP contribution in [0.2, 0.25) is 0 Å². The van der Waals surface area contributed by atoms with Gasteiger partial charge >= 0.3 is 0 Å². The zero-order valence-corrected chi connectivity index (χ0v) is 19.9. The standard InChI is InChI=1S/C28H24N6S/c29-23-11-12-24(20-8-2-1-7-19(20)23)30-31-25-13-14-26(22-10-4-3-9-21(22)25)32-33-27-15-16-28(35-27)34-17-5-6-18-34/h1-4,7-16H,5-6,17-18,29H2/b31-30+,33-32+. The number of anilines is 2. The van der Waals surface area contributed by atoms with E-state index in [1.165, 1.54) is 17.8 Å². The number of fused-ring (bicyclic) bond motifs is 2. The van der Waals surface area contributed by atoms with Gasteiger partial charge in [0.1, 0.15) is 5.00 Å². The van der Waals surface area contributed by atoms with Gasteiger partial charge in [-0.05, 0) is 49.2 Å². The molecule has 0 unspecified atom stereocenters. The zero-order valence-electron chi connectivity index (χ0n) is 19.1. The summed E-state index contributed by atoms with van der Waals surface area (Å²) in [6.07, 6.45) is 2.53. The Kier molecular flexibility index (Phi) is 5.68. The van der Waals surface area contributed by atoms with E-state index in [0.29, 0.717) is 0 Å². The van der Waals surface area contributed by atoms with Crippen molar-refractivity contribution < 1.29 is 0 Å². The van der Waals surface area contributed by atoms with Crippen molar-refractivity contribution in [3.05, 3.63) is 84.9 Å². The smallest absolute Gasteiger partial charge is 0.140 e. The second-order valence-electron chi connectivity index (χ2n) is 8.57. The summed E-state index contributed by atoms with van der Waals surface area (Å²) in [6, 6.07) is 27.9. The fourth-order valence-electron chi connectivity index (χ4n) is 4.53. The van der Waals surface area contributed by atoms with Crippen molar-refractivity contribution in [1.29, 1.82) is 0 Å². The Balaban J connectivity index is 1.32. The summed E-state index contributed by atoms with van der Waals surface area (Å²) in [5, 5.41) is 24.4. The number of nitrogens with two attached hydrogens (primary N) is 1. The molecule has 1 saturated heterocycles. The predicted molar refractivity (Wildman–Crippen MR) is 146 cm³/mol. The number of hydrogen-bond donors (Lipinski definition) is 1. The van der Waals surface area contributed by atoms with E-state index in [1.54, 1.807) is 11.3 Å². The van der Waals surface area contributed by atoms with E-state index >= 15 is 0 Å². The van der Waals surface area contributed by atoms with E-state index < -0.39 is 0 Å². The van der Waals surface area contributed by atoms with Gasteiger partial charge in [0.25, 0.3) is 0 Å². The highest BCUT2D eigenvalue weighted by Crippen LogP contribution is 2.38. The van der Waals surface area contributed by atoms with Gasteiger partial charge in [0.2, 0.25) is 0 Å². The minimum Gasteiger partial charge on any atom is -0.398 e. The largest absolute Gasteiger partial charge is 0.398 e. The molecule has 35 heavy (non-hydrogen) atoms. The molecule has 1 aliphatic rings. The number of thiophene rings is 1. The molecule has 0 atom stereocenters. The van der Waals surface area contributed by atoms with Crippen LogP contribution in [0.25, 0.3) is 21.5 Å². The molecule has 0 radical (unpaired) electrons. The van der Waals surface area contributed by atoms with Gasteiger partial charge in [-0.2, -0.15) is 0 Å². The molecule has 6 rings (SSSR count). The topological polar surface area (TPSA) is 78.7 Å². The second kappa shape index (κ2) is 9.27. The molecular formula is C28H24N6S. The first-order valence-electron chi connectivity index (χ1n) is 11.7. The molecule has 1 fully saturated rings. The SMILES string of the molecule is Nc1ccc(/N=N/c2ccc(/N=N/c3ccc(N4CCCC4)s3)c3ccccc23)c2ccccc12. The summed E-state index contributed by atoms with van der Waals surface area (Å²) in [6.45, 7) is 2.26. The van der Waals surface area contributed by atoms with Crippen LogP contribution in [0.3, 0.4) is 0 Å². The van der Waals surface area contributed by atoms with E-state index in [-0.39, 0.29) is 0 Å². The Bertz CT molecular complexity index is 1580. The molecule has 6 nitrogen and oxygen atoms in total. The van der Waals surface area contributed by atoms with Gasteiger partial charge in [0.15, 0.2) is 0 Å². The summed E-state index contributed by atoms with van der Waals surface area (Å²) in [5.74, 6) is 0. The molecule has 7 heteroatoms. The Hall–Kier alpha value is -4.10. The van der Waals surface area contributed by atoms with Crippen molar-refractivity contribution in [1.82, 2.24) is 0 Å². The normalized spacial score (nSPS) is 14.2. The highest BCUT2D eigenvalue weighted by Gasteiger charge is 2.14. The van der Waals surface area contributed by atoms with Crippen molar-refractivity contribution in [2.24, 2.45) is 20.5 Å². The maximum Gasteiger partial charge on any atom is 0.140 e. The molecule has 0 bridgehead atoms. The van der Waals surface area contributed by atoms with E-state index in [0.717, 1.165) is 62.4 Å². The first kappa shape index (κ1) is 21.4. The molecule has 0 aliphatic carbocycles. The summed E-state index contributed by atoms with van der Waals surface area (Å²) < 4.78 is 0. The molecule has 1 aromatic heterocycles. The average Bonchev–Trinajstić information content (AvgIpc) is 3.60. The maximum absolute atomic E-state index is 6.13. The van der Waals surface area contributed by atoms with Crippen LogP contribution < -0.4 is 10.6 Å². The summed E-state index contributed by atoms with van der Waals surface area (Å²) in [4.78, 5) is 2.42. The highest BCUT2D eigenvalue weighted by molar-refractivity contribution is 7.19. The van der Waals surface area contributed by atoms with Gasteiger partial charge in [-0.1, -0.05) is 59.9 Å². The molecule has 2 heterocycles. The number of nitrogen functional groups attached to an aromatic ring is 1. The van der Waals surface area contributed by atoms with Crippen LogP contribution >= 0.6 is 11.3 Å². The van der Waals surface area contributed by atoms with Crippen molar-refractivity contribution in [2.45, 2.75) is 12.8 Å². The van der Waals surface area contributed by atoms with E-state index in [4.69, 9.17) is 5.73 Å². The van der Waals surface area contributed by atoms with Crippen LogP contribution in [0.4, 0.5) is 32.8 Å². The maximum atomic E-state index is 6.13. The Morgan fingerprint density at radius 2 is 1.09 bits per heavy atom. The molecule has 2 N–H and O–H groups in total. The summed E-state index contributed by atoms with van der Waals surface area (Å²) in [5.41, 5.74) is 9.25. The van der Waals surface area contributed by atoms with Crippen LogP contribution in [0, 0.1) is 0 Å². The third-order valence-corrected chi connectivity index (χ3v) is 7.36. The molecule has 172 valence electrons. The first-order chi connectivity index (χ1) is 17.3. The van der Waals surface area contributed by atoms with Gasteiger partial charge in [-0.15, -0.1) is 20.5 Å². The minimum absolute atomic E-state index is 0.734. The lowest BCUT2D eigenvalue weighted by Gasteiger charge is -2.13. The third-order valence-electron chi connectivity index (χ3n) is 6.33. The average molecular weight is 477 g/mol. The van der Waals surface area contributed by atoms with Crippen molar-refractivity contribution in [3.63, 3.8) is 0 Å². The van der Waals surface area contributed by atoms with E-state index in [9.17, 15) is 0 Å². The molecule has 5 aromatic rings. The van der Waals surface area contributed by atoms with Crippen LogP contribution in [-0.2, 0) is 0 Å². The van der Waals surface area contributed by atoms with Crippen molar-refractivity contribution in [3.8, 4) is 0 Å². The lowest BCUT2D eigenvalue weighted by molar-refractivity contribution is 0.949. The molecule has 0 spiro atoms. The zero-order chi connectivity index (χ0) is 23.6. The van der Waals surface area contributed by atoms with Crippen LogP contribution in [0.5, 0.6) is 0 Å². The Morgan fingerprint density at radius 3 is 1.71 bits per heavy atom. The quantitative estimate of drug-likeness (QED) is 0.203. The molecule has 0 saturated carbocycles. The van der Waals surface area contributed by atoms with Crippen LogP contribution in [0.15, 0.2) is 105 Å². The monoisotopic (exact) mass is 476 g/mol. The fourth-order valence-corrected chi connectivity index (χ4v) is 5.40. The van der Waals surface area contributed by atoms with E-state index in [1.807, 2.05) is 78.9 Å². The van der Waals surface area contributed by atoms with Crippen LogP contribution in [-0.4, -0.2) is 13.1 Å². The van der Waals surface area contributed by atoms with E-state index in [2.05, 4.69) is 31.4 Å². The first-order valence-corrected chi connectivity index (χ1v) is 12.6. The lowest BCUT2D eigenvalue weighted by atomic mass is 10.1. The van der Waals surface area contributed by atoms with Crippen molar-refractivity contribution >= 4 is 65.6 Å². The number of hydrogen-bond acceptors (Lipinski definition) is 7. The van der Waals surface area contributed by atoms with Gasteiger partial charge in [0, 0.05) is 40.3 Å². The molecule has 4 aromatic carbocycles. The molecule has 0 amide bonds. The lowest BCUT2D eigenvalue weighted by Crippen LogP contribution is -2.15. The Morgan fingerprint density at radius 1 is 0.571 bits per heavy atom. The molecule has 1 aliphatic heterocycles. The predicted octanol–water partition coefficient (Wildman–Crippen LogP) is 9.07. The summed E-state index contributed by atoms with van der Waals surface area (Å²) >= 11 is 1.69. The summed E-state index contributed by atoms with van der Waals surface area (Å²) in [7, 11) is 0. The van der Waals surface area contributed by atoms with Gasteiger partial charge in [-0.3, -0.25) is 0 Å². The highest BCUT2D eigenvalue weighted by atomic mass is 32.1.